The summed E-state index contributed by atoms with van der Waals surface area (Å²) in [4.78, 5) is 22.0. The van der Waals surface area contributed by atoms with Gasteiger partial charge in [-0.05, 0) is 23.3 Å². The van der Waals surface area contributed by atoms with Gasteiger partial charge in [-0.15, -0.1) is 0 Å². The first-order valence-corrected chi connectivity index (χ1v) is 9.14. The van der Waals surface area contributed by atoms with E-state index in [9.17, 15) is 13.6 Å². The van der Waals surface area contributed by atoms with Crippen LogP contribution in [0.1, 0.15) is 22.4 Å². The molecule has 0 saturated heterocycles. The maximum Gasteiger partial charge on any atom is 0.257 e. The van der Waals surface area contributed by atoms with Crippen LogP contribution in [0.3, 0.4) is 0 Å². The molecule has 0 bridgehead atoms. The molecule has 0 aliphatic carbocycles. The minimum absolute atomic E-state index is 0.171. The first-order valence-electron chi connectivity index (χ1n) is 9.14. The Hall–Kier alpha value is -3.06. The van der Waals surface area contributed by atoms with Crippen molar-refractivity contribution in [2.24, 2.45) is 0 Å². The number of nitrogens with zero attached hydrogens (tertiary/aromatic N) is 2. The summed E-state index contributed by atoms with van der Waals surface area (Å²) in [6.07, 6.45) is 0.686. The van der Waals surface area contributed by atoms with E-state index in [1.54, 1.807) is 0 Å². The fourth-order valence-electron chi connectivity index (χ4n) is 3.38. The lowest BCUT2D eigenvalue weighted by atomic mass is 10.1. The van der Waals surface area contributed by atoms with Crippen LogP contribution in [0.2, 0.25) is 0 Å². The molecule has 1 aliphatic rings. The highest BCUT2D eigenvalue weighted by atomic mass is 19.2. The number of rotatable bonds is 5. The van der Waals surface area contributed by atoms with Gasteiger partial charge in [-0.25, -0.2) is 13.8 Å². The second-order valence-electron chi connectivity index (χ2n) is 6.89. The van der Waals surface area contributed by atoms with Crippen LogP contribution in [-0.4, -0.2) is 21.4 Å². The van der Waals surface area contributed by atoms with Crippen molar-refractivity contribution in [1.82, 2.24) is 14.9 Å². The Labute approximate surface area is 161 Å². The zero-order chi connectivity index (χ0) is 19.5. The normalized spacial score (nSPS) is 13.9. The van der Waals surface area contributed by atoms with Crippen LogP contribution >= 0.6 is 0 Å². The fraction of sp³-hybridized carbons (Fsp3) is 0.238. The van der Waals surface area contributed by atoms with E-state index in [0.717, 1.165) is 30.9 Å². The van der Waals surface area contributed by atoms with Crippen molar-refractivity contribution in [1.29, 1.82) is 0 Å². The Morgan fingerprint density at radius 3 is 2.68 bits per heavy atom. The number of hydrogen-bond donors (Lipinski definition) is 2. The van der Waals surface area contributed by atoms with E-state index in [2.05, 4.69) is 32.3 Å². The highest BCUT2D eigenvalue weighted by Gasteiger charge is 2.21. The largest absolute Gasteiger partial charge is 0.352 e. The van der Waals surface area contributed by atoms with Crippen LogP contribution in [-0.2, 0) is 26.1 Å². The molecule has 2 aromatic carbocycles. The predicted octanol–water partition coefficient (Wildman–Crippen LogP) is 3.22. The van der Waals surface area contributed by atoms with Gasteiger partial charge in [-0.1, -0.05) is 36.4 Å². The number of anilines is 1. The van der Waals surface area contributed by atoms with Crippen molar-refractivity contribution in [3.8, 4) is 0 Å². The molecule has 28 heavy (non-hydrogen) atoms. The predicted molar refractivity (Wildman–Crippen MR) is 103 cm³/mol. The zero-order valence-electron chi connectivity index (χ0n) is 15.2. The van der Waals surface area contributed by atoms with Gasteiger partial charge in [0.05, 0.1) is 11.3 Å². The van der Waals surface area contributed by atoms with Crippen molar-refractivity contribution in [3.05, 3.63) is 92.9 Å². The van der Waals surface area contributed by atoms with Crippen LogP contribution in [0.25, 0.3) is 0 Å². The maximum absolute atomic E-state index is 13.3. The molecule has 5 nitrogen and oxygen atoms in total. The molecule has 0 fully saturated rings. The molecule has 0 amide bonds. The van der Waals surface area contributed by atoms with Crippen molar-refractivity contribution < 1.29 is 8.78 Å². The van der Waals surface area contributed by atoms with E-state index >= 15 is 0 Å². The molecule has 0 saturated carbocycles. The lowest BCUT2D eigenvalue weighted by Crippen LogP contribution is -2.35. The van der Waals surface area contributed by atoms with Crippen molar-refractivity contribution >= 4 is 5.95 Å². The van der Waals surface area contributed by atoms with Gasteiger partial charge in [0.2, 0.25) is 5.95 Å². The van der Waals surface area contributed by atoms with Crippen LogP contribution in [0.5, 0.6) is 0 Å². The van der Waals surface area contributed by atoms with Crippen LogP contribution < -0.4 is 10.9 Å². The Bertz CT molecular complexity index is 1040. The number of hydrogen-bond acceptors (Lipinski definition) is 4. The summed E-state index contributed by atoms with van der Waals surface area (Å²) in [6, 6.07) is 13.8. The first-order chi connectivity index (χ1) is 13.6. The number of fused-ring (bicyclic) bond motifs is 1. The quantitative estimate of drug-likeness (QED) is 0.711. The summed E-state index contributed by atoms with van der Waals surface area (Å²) in [5.41, 5.74) is 3.06. The fourth-order valence-corrected chi connectivity index (χ4v) is 3.38. The summed E-state index contributed by atoms with van der Waals surface area (Å²) in [6.45, 7) is 2.39. The minimum Gasteiger partial charge on any atom is -0.352 e. The van der Waals surface area contributed by atoms with Crippen LogP contribution in [0, 0.1) is 11.6 Å². The molecule has 2 heterocycles. The Morgan fingerprint density at radius 2 is 1.89 bits per heavy atom. The number of nitrogens with one attached hydrogen (secondary N) is 2. The monoisotopic (exact) mass is 382 g/mol. The summed E-state index contributed by atoms with van der Waals surface area (Å²) in [5.74, 6) is -1.45. The minimum atomic E-state index is -0.898. The standard InChI is InChI=1S/C21H20F2N4O/c22-17-7-6-15(10-18(17)23)11-24-21-25-19-8-9-27(13-16(19)20(28)26-21)12-14-4-2-1-3-5-14/h1-7,10H,8-9,11-13H2,(H2,24,25,26,28). The van der Waals surface area contributed by atoms with E-state index in [4.69, 9.17) is 0 Å². The van der Waals surface area contributed by atoms with Gasteiger partial charge >= 0.3 is 0 Å². The number of halogens is 2. The molecule has 0 spiro atoms. The number of H-pyrrole nitrogens is 1. The van der Waals surface area contributed by atoms with E-state index in [1.165, 1.54) is 11.6 Å². The molecule has 7 heteroatoms. The van der Waals surface area contributed by atoms with Gasteiger partial charge in [0, 0.05) is 32.6 Å². The van der Waals surface area contributed by atoms with Crippen molar-refractivity contribution in [2.45, 2.75) is 26.1 Å². The van der Waals surface area contributed by atoms with Crippen molar-refractivity contribution in [3.63, 3.8) is 0 Å². The number of aromatic nitrogens is 2. The summed E-state index contributed by atoms with van der Waals surface area (Å²) in [7, 11) is 0. The molecular formula is C21H20F2N4O. The summed E-state index contributed by atoms with van der Waals surface area (Å²) < 4.78 is 26.3. The number of benzene rings is 2. The number of aromatic amines is 1. The molecule has 0 radical (unpaired) electrons. The Morgan fingerprint density at radius 1 is 1.07 bits per heavy atom. The first kappa shape index (κ1) is 18.3. The lowest BCUT2D eigenvalue weighted by molar-refractivity contribution is 0.242. The topological polar surface area (TPSA) is 61.0 Å². The highest BCUT2D eigenvalue weighted by Crippen LogP contribution is 2.17. The SMILES string of the molecule is O=c1[nH]c(NCc2ccc(F)c(F)c2)nc2c1CN(Cc1ccccc1)CC2. The van der Waals surface area contributed by atoms with Crippen LogP contribution in [0.4, 0.5) is 14.7 Å². The van der Waals surface area contributed by atoms with Gasteiger partial charge in [0.1, 0.15) is 0 Å². The van der Waals surface area contributed by atoms with E-state index < -0.39 is 11.6 Å². The average Bonchev–Trinajstić information content (AvgIpc) is 2.70. The molecule has 0 atom stereocenters. The zero-order valence-corrected chi connectivity index (χ0v) is 15.2. The van der Waals surface area contributed by atoms with Crippen molar-refractivity contribution in [2.75, 3.05) is 11.9 Å². The molecule has 1 aliphatic heterocycles. The van der Waals surface area contributed by atoms with E-state index in [-0.39, 0.29) is 12.1 Å². The molecule has 3 aromatic rings. The van der Waals surface area contributed by atoms with E-state index in [0.29, 0.717) is 30.0 Å². The third kappa shape index (κ3) is 4.09. The lowest BCUT2D eigenvalue weighted by Gasteiger charge is -2.27. The molecule has 4 rings (SSSR count). The molecular weight excluding hydrogens is 362 g/mol. The maximum atomic E-state index is 13.3. The van der Waals surface area contributed by atoms with Gasteiger partial charge in [-0.2, -0.15) is 0 Å². The molecule has 144 valence electrons. The van der Waals surface area contributed by atoms with Gasteiger partial charge in [0.15, 0.2) is 11.6 Å². The second-order valence-corrected chi connectivity index (χ2v) is 6.89. The third-order valence-electron chi connectivity index (χ3n) is 4.84. The van der Waals surface area contributed by atoms with Gasteiger partial charge in [0.25, 0.3) is 5.56 Å². The van der Waals surface area contributed by atoms with Crippen LogP contribution in [0.15, 0.2) is 53.3 Å². The summed E-state index contributed by atoms with van der Waals surface area (Å²) in [5, 5.41) is 2.98. The average molecular weight is 382 g/mol. The molecule has 2 N–H and O–H groups in total. The van der Waals surface area contributed by atoms with Gasteiger partial charge in [-0.3, -0.25) is 14.7 Å². The Kier molecular flexibility index (Phi) is 5.16. The van der Waals surface area contributed by atoms with Gasteiger partial charge < -0.3 is 5.32 Å². The summed E-state index contributed by atoms with van der Waals surface area (Å²) >= 11 is 0. The Balaban J connectivity index is 1.45. The molecule has 1 aromatic heterocycles. The third-order valence-corrected chi connectivity index (χ3v) is 4.84. The smallest absolute Gasteiger partial charge is 0.257 e. The highest BCUT2D eigenvalue weighted by molar-refractivity contribution is 5.33. The van der Waals surface area contributed by atoms with E-state index in [1.807, 2.05) is 18.2 Å². The molecule has 0 unspecified atom stereocenters. The second kappa shape index (κ2) is 7.90.